The monoisotopic (exact) mass is 387 g/mol. The van der Waals surface area contributed by atoms with Gasteiger partial charge in [0.05, 0.1) is 5.52 Å². The molecule has 0 aliphatic heterocycles. The lowest BCUT2D eigenvalue weighted by Gasteiger charge is -2.10. The maximum absolute atomic E-state index is 12.4. The standard InChI is InChI=1S/C21H21N7O/c1-14-25-19(13-20(26-14)28-12-11-22-15(28)2)23-9-10-24-21(29)18-8-7-16-5-3-4-6-17(16)27-18/h3-8,11-13H,9-10H2,1-2H3,(H,24,29)(H,23,25,26). The van der Waals surface area contributed by atoms with Crippen molar-refractivity contribution in [3.05, 3.63) is 72.2 Å². The van der Waals surface area contributed by atoms with E-state index in [2.05, 4.69) is 30.6 Å². The quantitative estimate of drug-likeness (QED) is 0.494. The van der Waals surface area contributed by atoms with E-state index >= 15 is 0 Å². The summed E-state index contributed by atoms with van der Waals surface area (Å²) in [6.07, 6.45) is 3.59. The van der Waals surface area contributed by atoms with Crippen LogP contribution >= 0.6 is 0 Å². The van der Waals surface area contributed by atoms with Gasteiger partial charge in [0, 0.05) is 36.9 Å². The van der Waals surface area contributed by atoms with Crippen LogP contribution in [-0.2, 0) is 0 Å². The predicted molar refractivity (Wildman–Crippen MR) is 111 cm³/mol. The smallest absolute Gasteiger partial charge is 0.269 e. The van der Waals surface area contributed by atoms with Gasteiger partial charge in [0.25, 0.3) is 5.91 Å². The Balaban J connectivity index is 1.36. The Morgan fingerprint density at radius 3 is 2.72 bits per heavy atom. The summed E-state index contributed by atoms with van der Waals surface area (Å²) >= 11 is 0. The van der Waals surface area contributed by atoms with Gasteiger partial charge in [0.15, 0.2) is 0 Å². The lowest BCUT2D eigenvalue weighted by atomic mass is 10.2. The highest BCUT2D eigenvalue weighted by Crippen LogP contribution is 2.13. The van der Waals surface area contributed by atoms with Crippen molar-refractivity contribution in [2.24, 2.45) is 0 Å². The molecule has 0 atom stereocenters. The Bertz CT molecular complexity index is 1170. The van der Waals surface area contributed by atoms with E-state index in [1.165, 1.54) is 0 Å². The van der Waals surface area contributed by atoms with Gasteiger partial charge in [-0.15, -0.1) is 0 Å². The molecule has 3 heterocycles. The number of imidazole rings is 1. The first-order chi connectivity index (χ1) is 14.1. The zero-order valence-electron chi connectivity index (χ0n) is 16.3. The summed E-state index contributed by atoms with van der Waals surface area (Å²) in [5.74, 6) is 2.75. The summed E-state index contributed by atoms with van der Waals surface area (Å²) in [4.78, 5) is 29.9. The van der Waals surface area contributed by atoms with E-state index < -0.39 is 0 Å². The molecule has 0 unspecified atom stereocenters. The Morgan fingerprint density at radius 1 is 1.03 bits per heavy atom. The van der Waals surface area contributed by atoms with Crippen molar-refractivity contribution in [2.45, 2.75) is 13.8 Å². The summed E-state index contributed by atoms with van der Waals surface area (Å²) in [7, 11) is 0. The van der Waals surface area contributed by atoms with Crippen LogP contribution in [0.5, 0.6) is 0 Å². The first kappa shape index (κ1) is 18.5. The van der Waals surface area contributed by atoms with Gasteiger partial charge in [-0.05, 0) is 26.0 Å². The van der Waals surface area contributed by atoms with E-state index in [-0.39, 0.29) is 5.91 Å². The highest BCUT2D eigenvalue weighted by atomic mass is 16.1. The fourth-order valence-corrected chi connectivity index (χ4v) is 3.04. The molecular formula is C21H21N7O. The zero-order valence-corrected chi connectivity index (χ0v) is 16.3. The number of hydrogen-bond donors (Lipinski definition) is 2. The second-order valence-electron chi connectivity index (χ2n) is 6.57. The number of carbonyl (C=O) groups is 1. The number of aromatic nitrogens is 5. The Hall–Kier alpha value is -3.81. The van der Waals surface area contributed by atoms with Crippen molar-refractivity contribution in [1.82, 2.24) is 29.8 Å². The number of fused-ring (bicyclic) bond motifs is 1. The second kappa shape index (κ2) is 8.05. The Morgan fingerprint density at radius 2 is 1.90 bits per heavy atom. The molecule has 0 radical (unpaired) electrons. The molecule has 29 heavy (non-hydrogen) atoms. The average Bonchev–Trinajstić information content (AvgIpc) is 3.16. The molecule has 0 spiro atoms. The molecule has 1 amide bonds. The molecule has 2 N–H and O–H groups in total. The van der Waals surface area contributed by atoms with Gasteiger partial charge in [0.2, 0.25) is 0 Å². The van der Waals surface area contributed by atoms with Crippen LogP contribution < -0.4 is 10.6 Å². The molecule has 3 aromatic heterocycles. The number of anilines is 1. The van der Waals surface area contributed by atoms with Crippen LogP contribution in [0.3, 0.4) is 0 Å². The van der Waals surface area contributed by atoms with Crippen molar-refractivity contribution >= 4 is 22.6 Å². The highest BCUT2D eigenvalue weighted by molar-refractivity contribution is 5.94. The zero-order chi connectivity index (χ0) is 20.2. The van der Waals surface area contributed by atoms with Gasteiger partial charge < -0.3 is 10.6 Å². The van der Waals surface area contributed by atoms with E-state index in [4.69, 9.17) is 0 Å². The number of nitrogens with one attached hydrogen (secondary N) is 2. The van der Waals surface area contributed by atoms with Gasteiger partial charge in [-0.2, -0.15) is 0 Å². The van der Waals surface area contributed by atoms with Gasteiger partial charge in [-0.3, -0.25) is 9.36 Å². The maximum Gasteiger partial charge on any atom is 0.269 e. The van der Waals surface area contributed by atoms with Crippen LogP contribution in [0, 0.1) is 13.8 Å². The molecule has 0 bridgehead atoms. The van der Waals surface area contributed by atoms with E-state index in [0.29, 0.717) is 30.4 Å². The summed E-state index contributed by atoms with van der Waals surface area (Å²) in [6.45, 7) is 4.73. The molecule has 8 heteroatoms. The third-order valence-electron chi connectivity index (χ3n) is 4.44. The Labute approximate surface area is 168 Å². The van der Waals surface area contributed by atoms with Crippen LogP contribution in [0.1, 0.15) is 22.1 Å². The number of benzene rings is 1. The fourth-order valence-electron chi connectivity index (χ4n) is 3.04. The van der Waals surface area contributed by atoms with Gasteiger partial charge in [-0.1, -0.05) is 24.3 Å². The molecule has 4 aromatic rings. The van der Waals surface area contributed by atoms with Crippen LogP contribution in [0.15, 0.2) is 54.9 Å². The third-order valence-corrected chi connectivity index (χ3v) is 4.44. The molecular weight excluding hydrogens is 366 g/mol. The molecule has 4 rings (SSSR count). The predicted octanol–water partition coefficient (Wildman–Crippen LogP) is 2.67. The normalized spacial score (nSPS) is 10.8. The molecule has 0 aliphatic rings. The lowest BCUT2D eigenvalue weighted by molar-refractivity contribution is 0.0950. The largest absolute Gasteiger partial charge is 0.368 e. The number of pyridine rings is 1. The van der Waals surface area contributed by atoms with Gasteiger partial charge in [-0.25, -0.2) is 19.9 Å². The molecule has 146 valence electrons. The minimum Gasteiger partial charge on any atom is -0.368 e. The average molecular weight is 387 g/mol. The van der Waals surface area contributed by atoms with Crippen molar-refractivity contribution in [2.75, 3.05) is 18.4 Å². The maximum atomic E-state index is 12.4. The minimum absolute atomic E-state index is 0.203. The van der Waals surface area contributed by atoms with E-state index in [0.717, 1.165) is 22.5 Å². The van der Waals surface area contributed by atoms with E-state index in [9.17, 15) is 4.79 Å². The topological polar surface area (TPSA) is 97.6 Å². The SMILES string of the molecule is Cc1nc(NCCNC(=O)c2ccc3ccccc3n2)cc(-n2ccnc2C)n1. The van der Waals surface area contributed by atoms with Crippen molar-refractivity contribution in [3.63, 3.8) is 0 Å². The van der Waals surface area contributed by atoms with Crippen LogP contribution in [0.25, 0.3) is 16.7 Å². The Kier molecular flexibility index (Phi) is 5.15. The second-order valence-corrected chi connectivity index (χ2v) is 6.57. The van der Waals surface area contributed by atoms with E-state index in [1.54, 1.807) is 12.3 Å². The highest BCUT2D eigenvalue weighted by Gasteiger charge is 2.09. The summed E-state index contributed by atoms with van der Waals surface area (Å²) in [6, 6.07) is 13.2. The van der Waals surface area contributed by atoms with Gasteiger partial charge in [0.1, 0.15) is 29.0 Å². The summed E-state index contributed by atoms with van der Waals surface area (Å²) in [5, 5.41) is 7.11. The third kappa shape index (κ3) is 4.21. The number of nitrogens with zero attached hydrogens (tertiary/aromatic N) is 5. The number of hydrogen-bond acceptors (Lipinski definition) is 6. The molecule has 0 saturated carbocycles. The number of rotatable bonds is 6. The van der Waals surface area contributed by atoms with Crippen LogP contribution in [0.2, 0.25) is 0 Å². The molecule has 0 aliphatic carbocycles. The number of aryl methyl sites for hydroxylation is 2. The molecule has 8 nitrogen and oxygen atoms in total. The number of amides is 1. The van der Waals surface area contributed by atoms with Crippen molar-refractivity contribution < 1.29 is 4.79 Å². The number of carbonyl (C=O) groups excluding carboxylic acids is 1. The van der Waals surface area contributed by atoms with Crippen LogP contribution in [-0.4, -0.2) is 43.5 Å². The summed E-state index contributed by atoms with van der Waals surface area (Å²) in [5.41, 5.74) is 1.21. The van der Waals surface area contributed by atoms with Crippen LogP contribution in [0.4, 0.5) is 5.82 Å². The minimum atomic E-state index is -0.203. The fraction of sp³-hybridized carbons (Fsp3) is 0.190. The lowest BCUT2D eigenvalue weighted by Crippen LogP contribution is -2.29. The summed E-state index contributed by atoms with van der Waals surface area (Å²) < 4.78 is 1.90. The molecule has 1 aromatic carbocycles. The van der Waals surface area contributed by atoms with E-state index in [1.807, 2.05) is 61.0 Å². The molecule has 0 saturated heterocycles. The van der Waals surface area contributed by atoms with Crippen molar-refractivity contribution in [3.8, 4) is 5.82 Å². The number of para-hydroxylation sites is 1. The molecule has 0 fully saturated rings. The van der Waals surface area contributed by atoms with Gasteiger partial charge >= 0.3 is 0 Å². The first-order valence-electron chi connectivity index (χ1n) is 9.34. The van der Waals surface area contributed by atoms with Crippen molar-refractivity contribution in [1.29, 1.82) is 0 Å². The first-order valence-corrected chi connectivity index (χ1v) is 9.34.